The SMILES string of the molecule is CC(c1cc2ccccc2s1)N(OC(=O)c1ccc(CN2CCOCC2)cc1)C(N)=O. The van der Waals surface area contributed by atoms with Crippen LogP contribution in [0.2, 0.25) is 0 Å². The van der Waals surface area contributed by atoms with Crippen molar-refractivity contribution < 1.29 is 19.2 Å². The third-order valence-electron chi connectivity index (χ3n) is 5.31. The smallest absolute Gasteiger partial charge is 0.363 e. The standard InChI is InChI=1S/C23H25N3O4S/c1-16(21-14-19-4-2-3-5-20(19)31-21)26(23(24)28)30-22(27)18-8-6-17(7-9-18)15-25-10-12-29-13-11-25/h2-9,14,16H,10-13,15H2,1H3,(H2,24,28). The van der Waals surface area contributed by atoms with Gasteiger partial charge in [-0.15, -0.1) is 16.4 Å². The predicted octanol–water partition coefficient (Wildman–Crippen LogP) is 3.95. The first-order valence-corrected chi connectivity index (χ1v) is 11.0. The van der Waals surface area contributed by atoms with E-state index < -0.39 is 18.0 Å². The van der Waals surface area contributed by atoms with Crippen LogP contribution in [0.3, 0.4) is 0 Å². The molecule has 1 aromatic heterocycles. The Hall–Kier alpha value is -2.94. The van der Waals surface area contributed by atoms with Crippen molar-refractivity contribution >= 4 is 33.4 Å². The van der Waals surface area contributed by atoms with Crippen molar-refractivity contribution in [1.82, 2.24) is 9.96 Å². The van der Waals surface area contributed by atoms with Gasteiger partial charge >= 0.3 is 12.0 Å². The van der Waals surface area contributed by atoms with Gasteiger partial charge in [0.05, 0.1) is 18.8 Å². The fourth-order valence-electron chi connectivity index (χ4n) is 3.54. The molecule has 0 spiro atoms. The Morgan fingerprint density at radius 2 is 1.87 bits per heavy atom. The molecule has 31 heavy (non-hydrogen) atoms. The highest BCUT2D eigenvalue weighted by Crippen LogP contribution is 2.32. The molecule has 0 radical (unpaired) electrons. The predicted molar refractivity (Wildman–Crippen MR) is 120 cm³/mol. The third kappa shape index (κ3) is 5.04. The second kappa shape index (κ2) is 9.47. The number of carbonyl (C=O) groups is 2. The van der Waals surface area contributed by atoms with Crippen molar-refractivity contribution in [3.05, 3.63) is 70.6 Å². The molecule has 3 aromatic rings. The quantitative estimate of drug-likeness (QED) is 0.609. The minimum atomic E-state index is -0.817. The summed E-state index contributed by atoms with van der Waals surface area (Å²) in [5.41, 5.74) is 6.98. The van der Waals surface area contributed by atoms with Crippen molar-refractivity contribution in [2.75, 3.05) is 26.3 Å². The number of hydrogen-bond acceptors (Lipinski definition) is 6. The zero-order chi connectivity index (χ0) is 21.8. The summed E-state index contributed by atoms with van der Waals surface area (Å²) >= 11 is 1.54. The lowest BCUT2D eigenvalue weighted by atomic mass is 10.1. The van der Waals surface area contributed by atoms with Gasteiger partial charge in [0.2, 0.25) is 0 Å². The summed E-state index contributed by atoms with van der Waals surface area (Å²) in [7, 11) is 0. The van der Waals surface area contributed by atoms with Gasteiger partial charge in [0.15, 0.2) is 0 Å². The highest BCUT2D eigenvalue weighted by molar-refractivity contribution is 7.19. The van der Waals surface area contributed by atoms with Crippen LogP contribution < -0.4 is 5.73 Å². The molecule has 2 amide bonds. The Morgan fingerprint density at radius 3 is 2.55 bits per heavy atom. The number of carbonyl (C=O) groups excluding carboxylic acids is 2. The first-order valence-electron chi connectivity index (χ1n) is 10.2. The number of thiophene rings is 1. The molecule has 4 rings (SSSR count). The maximum absolute atomic E-state index is 12.7. The molecule has 0 aliphatic carbocycles. The van der Waals surface area contributed by atoms with Gasteiger partial charge in [-0.25, -0.2) is 9.59 Å². The lowest BCUT2D eigenvalue weighted by Gasteiger charge is -2.26. The number of benzene rings is 2. The summed E-state index contributed by atoms with van der Waals surface area (Å²) in [5.74, 6) is -0.621. The normalized spacial score (nSPS) is 15.5. The Balaban J connectivity index is 1.43. The van der Waals surface area contributed by atoms with Crippen molar-refractivity contribution in [2.24, 2.45) is 5.73 Å². The lowest BCUT2D eigenvalue weighted by molar-refractivity contribution is -0.0928. The monoisotopic (exact) mass is 439 g/mol. The Bertz CT molecular complexity index is 1030. The summed E-state index contributed by atoms with van der Waals surface area (Å²) in [4.78, 5) is 33.3. The first kappa shape index (κ1) is 21.3. The summed E-state index contributed by atoms with van der Waals surface area (Å²) in [6.45, 7) is 5.86. The molecule has 0 saturated carbocycles. The van der Waals surface area contributed by atoms with Crippen molar-refractivity contribution in [1.29, 1.82) is 0 Å². The number of fused-ring (bicyclic) bond motifs is 1. The summed E-state index contributed by atoms with van der Waals surface area (Å²) in [5, 5.41) is 2.01. The fraction of sp³-hybridized carbons (Fsp3) is 0.304. The van der Waals surface area contributed by atoms with E-state index in [9.17, 15) is 9.59 Å². The van der Waals surface area contributed by atoms with Crippen LogP contribution in [0.15, 0.2) is 54.6 Å². The average Bonchev–Trinajstić information content (AvgIpc) is 3.22. The molecule has 1 atom stereocenters. The van der Waals surface area contributed by atoms with Gasteiger partial charge in [0.25, 0.3) is 0 Å². The number of ether oxygens (including phenoxy) is 1. The van der Waals surface area contributed by atoms with Crippen LogP contribution in [0, 0.1) is 0 Å². The summed E-state index contributed by atoms with van der Waals surface area (Å²) < 4.78 is 6.46. The minimum Gasteiger partial charge on any atom is -0.379 e. The van der Waals surface area contributed by atoms with Gasteiger partial charge in [0.1, 0.15) is 6.04 Å². The van der Waals surface area contributed by atoms with E-state index in [4.69, 9.17) is 15.3 Å². The molecule has 0 bridgehead atoms. The summed E-state index contributed by atoms with van der Waals surface area (Å²) in [6, 6.07) is 15.8. The highest BCUT2D eigenvalue weighted by Gasteiger charge is 2.26. The van der Waals surface area contributed by atoms with E-state index in [-0.39, 0.29) is 0 Å². The number of morpholine rings is 1. The second-order valence-electron chi connectivity index (χ2n) is 7.49. The van der Waals surface area contributed by atoms with E-state index in [0.717, 1.165) is 58.4 Å². The number of amides is 2. The van der Waals surface area contributed by atoms with E-state index in [1.54, 1.807) is 19.1 Å². The largest absolute Gasteiger partial charge is 0.379 e. The molecule has 1 saturated heterocycles. The van der Waals surface area contributed by atoms with E-state index >= 15 is 0 Å². The molecule has 7 nitrogen and oxygen atoms in total. The van der Waals surface area contributed by atoms with Crippen molar-refractivity contribution in [3.8, 4) is 0 Å². The zero-order valence-corrected chi connectivity index (χ0v) is 18.1. The van der Waals surface area contributed by atoms with Gasteiger partial charge in [-0.3, -0.25) is 4.90 Å². The maximum Gasteiger partial charge on any atom is 0.363 e. The lowest BCUT2D eigenvalue weighted by Crippen LogP contribution is -2.39. The Labute approximate surface area is 184 Å². The zero-order valence-electron chi connectivity index (χ0n) is 17.3. The number of hydroxylamine groups is 2. The molecule has 2 aromatic carbocycles. The Morgan fingerprint density at radius 1 is 1.16 bits per heavy atom. The Kier molecular flexibility index (Phi) is 6.50. The molecular formula is C23H25N3O4S. The van der Waals surface area contributed by atoms with Crippen LogP contribution in [0.5, 0.6) is 0 Å². The molecule has 1 aliphatic rings. The second-order valence-corrected chi connectivity index (χ2v) is 8.61. The van der Waals surface area contributed by atoms with Crippen LogP contribution in [0.4, 0.5) is 4.79 Å². The molecule has 2 N–H and O–H groups in total. The number of nitrogens with two attached hydrogens (primary N) is 1. The maximum atomic E-state index is 12.7. The van der Waals surface area contributed by atoms with Crippen LogP contribution in [0.1, 0.15) is 33.8 Å². The molecule has 1 unspecified atom stereocenters. The van der Waals surface area contributed by atoms with Crippen molar-refractivity contribution in [2.45, 2.75) is 19.5 Å². The van der Waals surface area contributed by atoms with Crippen LogP contribution in [0.25, 0.3) is 10.1 Å². The molecule has 1 fully saturated rings. The summed E-state index contributed by atoms with van der Waals surface area (Å²) in [6.07, 6.45) is 0. The molecule has 2 heterocycles. The van der Waals surface area contributed by atoms with Crippen LogP contribution in [-0.4, -0.2) is 48.3 Å². The van der Waals surface area contributed by atoms with E-state index in [2.05, 4.69) is 4.90 Å². The van der Waals surface area contributed by atoms with E-state index in [1.165, 1.54) is 11.3 Å². The molecular weight excluding hydrogens is 414 g/mol. The molecule has 8 heteroatoms. The molecule has 1 aliphatic heterocycles. The van der Waals surface area contributed by atoms with Crippen LogP contribution >= 0.6 is 11.3 Å². The average molecular weight is 440 g/mol. The first-order chi connectivity index (χ1) is 15.0. The number of urea groups is 1. The van der Waals surface area contributed by atoms with Crippen molar-refractivity contribution in [3.63, 3.8) is 0 Å². The van der Waals surface area contributed by atoms with Gasteiger partial charge in [-0.2, -0.15) is 0 Å². The third-order valence-corrected chi connectivity index (χ3v) is 6.59. The van der Waals surface area contributed by atoms with Gasteiger partial charge in [-0.1, -0.05) is 30.3 Å². The number of nitrogens with zero attached hydrogens (tertiary/aromatic N) is 2. The highest BCUT2D eigenvalue weighted by atomic mass is 32.1. The number of rotatable bonds is 5. The van der Waals surface area contributed by atoms with Crippen LogP contribution in [-0.2, 0) is 16.1 Å². The van der Waals surface area contributed by atoms with Gasteiger partial charge in [-0.05, 0) is 42.1 Å². The van der Waals surface area contributed by atoms with E-state index in [1.807, 2.05) is 42.5 Å². The molecule has 162 valence electrons. The van der Waals surface area contributed by atoms with E-state index in [0.29, 0.717) is 5.56 Å². The number of hydrogen-bond donors (Lipinski definition) is 1. The fourth-order valence-corrected chi connectivity index (χ4v) is 4.64. The number of primary amides is 1. The topological polar surface area (TPSA) is 85.1 Å². The van der Waals surface area contributed by atoms with Gasteiger partial charge in [0, 0.05) is 29.2 Å². The van der Waals surface area contributed by atoms with Gasteiger partial charge < -0.3 is 15.3 Å². The minimum absolute atomic E-state index is 0.362.